The van der Waals surface area contributed by atoms with Crippen LogP contribution in [0.2, 0.25) is 0 Å². The zero-order valence-electron chi connectivity index (χ0n) is 23.1. The van der Waals surface area contributed by atoms with Gasteiger partial charge in [0.1, 0.15) is 10.6 Å². The molecule has 1 spiro atoms. The van der Waals surface area contributed by atoms with Crippen molar-refractivity contribution in [2.45, 2.75) is 49.4 Å². The number of hydrogen-bond acceptors (Lipinski definition) is 7. The molecular formula is C29H27F3N4O6S. The van der Waals surface area contributed by atoms with Crippen LogP contribution in [0.15, 0.2) is 59.6 Å². The molecule has 2 aliphatic rings. The highest BCUT2D eigenvalue weighted by Gasteiger charge is 2.49. The summed E-state index contributed by atoms with van der Waals surface area (Å²) in [5.74, 6) is -2.79. The third-order valence-corrected chi connectivity index (χ3v) is 9.82. The van der Waals surface area contributed by atoms with Crippen molar-refractivity contribution in [3.8, 4) is 5.75 Å². The van der Waals surface area contributed by atoms with Gasteiger partial charge < -0.3 is 14.6 Å². The molecule has 14 heteroatoms. The lowest BCUT2D eigenvalue weighted by Gasteiger charge is -2.41. The van der Waals surface area contributed by atoms with Crippen LogP contribution >= 0.6 is 0 Å². The van der Waals surface area contributed by atoms with Crippen molar-refractivity contribution in [2.75, 3.05) is 19.8 Å². The highest BCUT2D eigenvalue weighted by Crippen LogP contribution is 2.39. The molecule has 1 atom stereocenters. The number of nitrogens with zero attached hydrogens (tertiary/aromatic N) is 4. The molecule has 4 heterocycles. The smallest absolute Gasteiger partial charge is 0.452 e. The predicted octanol–water partition coefficient (Wildman–Crippen LogP) is 4.32. The summed E-state index contributed by atoms with van der Waals surface area (Å²) in [5.41, 5.74) is 1.95. The van der Waals surface area contributed by atoms with Gasteiger partial charge in [0.15, 0.2) is 11.2 Å². The van der Waals surface area contributed by atoms with Crippen LogP contribution in [0, 0.1) is 13.8 Å². The van der Waals surface area contributed by atoms with Crippen LogP contribution in [0.3, 0.4) is 0 Å². The summed E-state index contributed by atoms with van der Waals surface area (Å²) in [6.45, 7) is 3.90. The molecule has 2 aliphatic heterocycles. The van der Waals surface area contributed by atoms with E-state index in [2.05, 4.69) is 10.2 Å². The lowest BCUT2D eigenvalue weighted by Crippen LogP contribution is -2.60. The number of aryl methyl sites for hydroxylation is 2. The van der Waals surface area contributed by atoms with E-state index in [-0.39, 0.29) is 49.0 Å². The first-order valence-electron chi connectivity index (χ1n) is 13.4. The number of aliphatic carboxylic acids is 1. The second kappa shape index (κ2) is 10.3. The monoisotopic (exact) mass is 616 g/mol. The first-order valence-corrected chi connectivity index (χ1v) is 14.8. The molecular weight excluding hydrogens is 589 g/mol. The first kappa shape index (κ1) is 29.1. The van der Waals surface area contributed by atoms with Gasteiger partial charge in [-0.1, -0.05) is 30.3 Å². The molecule has 0 saturated carbocycles. The van der Waals surface area contributed by atoms with Gasteiger partial charge in [0.05, 0.1) is 26.2 Å². The van der Waals surface area contributed by atoms with Gasteiger partial charge in [-0.15, -0.1) is 10.2 Å². The van der Waals surface area contributed by atoms with Crippen LogP contribution in [-0.2, 0) is 32.3 Å². The third kappa shape index (κ3) is 5.12. The number of carboxylic acids is 1. The van der Waals surface area contributed by atoms with E-state index in [9.17, 15) is 31.5 Å². The van der Waals surface area contributed by atoms with Crippen molar-refractivity contribution < 1.29 is 41.0 Å². The Hall–Kier alpha value is -4.01. The maximum atomic E-state index is 13.8. The average molecular weight is 617 g/mol. The second-order valence-corrected chi connectivity index (χ2v) is 12.9. The summed E-state index contributed by atoms with van der Waals surface area (Å²) in [4.78, 5) is 12.0. The lowest BCUT2D eigenvalue weighted by molar-refractivity contribution is -0.165. The fourth-order valence-corrected chi connectivity index (χ4v) is 7.30. The molecule has 0 unspecified atom stereocenters. The Morgan fingerprint density at radius 3 is 2.53 bits per heavy atom. The van der Waals surface area contributed by atoms with Crippen molar-refractivity contribution in [2.24, 2.45) is 0 Å². The van der Waals surface area contributed by atoms with Gasteiger partial charge >= 0.3 is 12.1 Å². The highest BCUT2D eigenvalue weighted by atomic mass is 32.2. The number of sulfonamides is 1. The Balaban J connectivity index is 1.40. The van der Waals surface area contributed by atoms with E-state index in [0.717, 1.165) is 9.96 Å². The number of para-hydroxylation sites is 1. The summed E-state index contributed by atoms with van der Waals surface area (Å²) in [6, 6.07) is 13.2. The number of aromatic nitrogens is 3. The Morgan fingerprint density at radius 1 is 1.12 bits per heavy atom. The number of pyridine rings is 1. The Labute approximate surface area is 244 Å². The van der Waals surface area contributed by atoms with E-state index in [0.29, 0.717) is 22.3 Å². The van der Waals surface area contributed by atoms with Gasteiger partial charge in [0.2, 0.25) is 15.8 Å². The molecule has 0 bridgehead atoms. The van der Waals surface area contributed by atoms with Crippen LogP contribution < -0.4 is 4.74 Å². The van der Waals surface area contributed by atoms with Crippen LogP contribution in [-0.4, -0.2) is 63.8 Å². The number of halogens is 3. The zero-order chi connectivity index (χ0) is 30.7. The number of carbonyl (C=O) groups is 1. The fourth-order valence-electron chi connectivity index (χ4n) is 5.70. The van der Waals surface area contributed by atoms with Gasteiger partial charge in [-0.25, -0.2) is 8.42 Å². The topological polar surface area (TPSA) is 123 Å². The van der Waals surface area contributed by atoms with E-state index in [1.807, 2.05) is 6.92 Å². The summed E-state index contributed by atoms with van der Waals surface area (Å²) in [6.07, 6.45) is -3.89. The number of ether oxygens (including phenoxy) is 2. The molecule has 0 aliphatic carbocycles. The summed E-state index contributed by atoms with van der Waals surface area (Å²) in [7, 11) is -3.98. The summed E-state index contributed by atoms with van der Waals surface area (Å²) >= 11 is 0. The van der Waals surface area contributed by atoms with Crippen LogP contribution in [0.4, 0.5) is 13.2 Å². The highest BCUT2D eigenvalue weighted by molar-refractivity contribution is 7.89. The van der Waals surface area contributed by atoms with E-state index in [1.54, 1.807) is 43.3 Å². The molecule has 1 fully saturated rings. The standard InChI is InChI=1S/C29H27F3N4O6S/c1-17-7-8-19(22(12-25(37)38)21-9-10-36-26(18(21)2)33-34-27(36)29(30,31)32)11-20(17)13-35-14-28(15-41-16-28)42-23-5-3-4-6-24(23)43(35,39)40/h3-11,22H,12-16H2,1-2H3,(H,37,38)/t22-/m1/s1. The first-order chi connectivity index (χ1) is 20.3. The van der Waals surface area contributed by atoms with E-state index < -0.39 is 39.5 Å². The Bertz CT molecular complexity index is 1850. The van der Waals surface area contributed by atoms with Gasteiger partial charge in [0.25, 0.3) is 0 Å². The zero-order valence-corrected chi connectivity index (χ0v) is 23.9. The molecule has 10 nitrogen and oxygen atoms in total. The second-order valence-electron chi connectivity index (χ2n) is 10.9. The average Bonchev–Trinajstić information content (AvgIpc) is 3.34. The van der Waals surface area contributed by atoms with Gasteiger partial charge in [-0.3, -0.25) is 9.20 Å². The number of fused-ring (bicyclic) bond motifs is 2. The molecule has 2 aromatic heterocycles. The van der Waals surface area contributed by atoms with E-state index in [1.165, 1.54) is 22.6 Å². The van der Waals surface area contributed by atoms with Crippen molar-refractivity contribution in [1.82, 2.24) is 18.9 Å². The van der Waals surface area contributed by atoms with Gasteiger partial charge in [0, 0.05) is 18.7 Å². The van der Waals surface area contributed by atoms with Gasteiger partial charge in [-0.05, 0) is 59.9 Å². The van der Waals surface area contributed by atoms with Crippen molar-refractivity contribution in [3.63, 3.8) is 0 Å². The number of alkyl halides is 3. The minimum Gasteiger partial charge on any atom is -0.481 e. The number of hydrogen-bond donors (Lipinski definition) is 1. The molecule has 0 radical (unpaired) electrons. The van der Waals surface area contributed by atoms with Crippen LogP contribution in [0.25, 0.3) is 5.65 Å². The van der Waals surface area contributed by atoms with E-state index in [4.69, 9.17) is 9.47 Å². The molecule has 43 heavy (non-hydrogen) atoms. The van der Waals surface area contributed by atoms with E-state index >= 15 is 0 Å². The van der Waals surface area contributed by atoms with Crippen molar-refractivity contribution in [1.29, 1.82) is 0 Å². The SMILES string of the molecule is Cc1ccc([C@@H](CC(=O)O)c2ccn3c(C(F)(F)F)nnc3c2C)cc1CN1CC2(COC2)Oc2ccccc2S1(=O)=O. The normalized spacial score (nSPS) is 18.4. The maximum Gasteiger partial charge on any atom is 0.452 e. The Kier molecular flexibility index (Phi) is 6.98. The quantitative estimate of drug-likeness (QED) is 0.340. The molecule has 4 aromatic rings. The largest absolute Gasteiger partial charge is 0.481 e. The summed E-state index contributed by atoms with van der Waals surface area (Å²) in [5, 5.41) is 16.8. The van der Waals surface area contributed by atoms with Crippen molar-refractivity contribution >= 4 is 21.6 Å². The summed E-state index contributed by atoms with van der Waals surface area (Å²) < 4.78 is 81.7. The predicted molar refractivity (Wildman–Crippen MR) is 146 cm³/mol. The minimum absolute atomic E-state index is 0.0155. The molecule has 0 amide bonds. The molecule has 1 N–H and O–H groups in total. The maximum absolute atomic E-state index is 13.8. The van der Waals surface area contributed by atoms with Crippen LogP contribution in [0.1, 0.15) is 46.0 Å². The van der Waals surface area contributed by atoms with Crippen LogP contribution in [0.5, 0.6) is 5.75 Å². The molecule has 2 aromatic carbocycles. The van der Waals surface area contributed by atoms with Crippen molar-refractivity contribution in [3.05, 3.63) is 88.4 Å². The number of rotatable bonds is 6. The number of carboxylic acid groups (broad SMARTS) is 1. The number of benzene rings is 2. The fraction of sp³-hybridized carbons (Fsp3) is 0.345. The third-order valence-electron chi connectivity index (χ3n) is 7.99. The Morgan fingerprint density at radius 2 is 1.86 bits per heavy atom. The van der Waals surface area contributed by atoms with Gasteiger partial charge in [-0.2, -0.15) is 17.5 Å². The molecule has 226 valence electrons. The molecule has 1 saturated heterocycles. The minimum atomic E-state index is -4.72. The lowest BCUT2D eigenvalue weighted by atomic mass is 9.85. The molecule has 6 rings (SSSR count).